The van der Waals surface area contributed by atoms with E-state index in [4.69, 9.17) is 0 Å². The van der Waals surface area contributed by atoms with Crippen LogP contribution in [0.5, 0.6) is 0 Å². The molecule has 0 aliphatic carbocycles. The van der Waals surface area contributed by atoms with Gasteiger partial charge in [0.1, 0.15) is 5.82 Å². The summed E-state index contributed by atoms with van der Waals surface area (Å²) in [5, 5.41) is 5.15. The van der Waals surface area contributed by atoms with Gasteiger partial charge >= 0.3 is 0 Å². The lowest BCUT2D eigenvalue weighted by Crippen LogP contribution is -2.11. The maximum absolute atomic E-state index is 13.0. The number of nitrogens with zero attached hydrogens (tertiary/aromatic N) is 1. The summed E-state index contributed by atoms with van der Waals surface area (Å²) in [6.45, 7) is 0. The summed E-state index contributed by atoms with van der Waals surface area (Å²) in [6, 6.07) is 23.6. The van der Waals surface area contributed by atoms with Crippen LogP contribution in [-0.2, 0) is 0 Å². The molecule has 0 fully saturated rings. The summed E-state index contributed by atoms with van der Waals surface area (Å²) in [4.78, 5) is 16.9. The standard InChI is InChI=1S/C22H15FN2OS/c23-19-12-10-17(11-13-19)20-14-27-22(24-20)25-21(26)18-8-6-16(7-9-18)15-4-2-1-3-5-15/h1-14H,(H,24,25,26). The molecule has 0 spiro atoms. The van der Waals surface area contributed by atoms with Gasteiger partial charge in [0.25, 0.3) is 5.91 Å². The van der Waals surface area contributed by atoms with Crippen molar-refractivity contribution in [3.8, 4) is 22.4 Å². The molecule has 0 aliphatic rings. The number of carbonyl (C=O) groups excluding carboxylic acids is 1. The summed E-state index contributed by atoms with van der Waals surface area (Å²) < 4.78 is 13.0. The molecule has 1 N–H and O–H groups in total. The second-order valence-electron chi connectivity index (χ2n) is 5.94. The summed E-state index contributed by atoms with van der Waals surface area (Å²) in [7, 11) is 0. The molecule has 0 saturated heterocycles. The van der Waals surface area contributed by atoms with E-state index in [0.717, 1.165) is 16.7 Å². The van der Waals surface area contributed by atoms with E-state index in [9.17, 15) is 9.18 Å². The highest BCUT2D eigenvalue weighted by Crippen LogP contribution is 2.26. The van der Waals surface area contributed by atoms with Crippen LogP contribution in [0.2, 0.25) is 0 Å². The average Bonchev–Trinajstić information content (AvgIpc) is 3.18. The molecule has 0 unspecified atom stereocenters. The number of rotatable bonds is 4. The lowest BCUT2D eigenvalue weighted by Gasteiger charge is -2.04. The summed E-state index contributed by atoms with van der Waals surface area (Å²) in [6.07, 6.45) is 0. The van der Waals surface area contributed by atoms with Gasteiger partial charge in [0.2, 0.25) is 0 Å². The summed E-state index contributed by atoms with van der Waals surface area (Å²) >= 11 is 1.33. The minimum Gasteiger partial charge on any atom is -0.298 e. The zero-order valence-corrected chi connectivity index (χ0v) is 15.0. The lowest BCUT2D eigenvalue weighted by atomic mass is 10.0. The molecule has 0 saturated carbocycles. The first-order valence-electron chi connectivity index (χ1n) is 8.37. The number of anilines is 1. The maximum atomic E-state index is 13.0. The molecule has 1 amide bonds. The van der Waals surface area contributed by atoms with Gasteiger partial charge in [0, 0.05) is 16.5 Å². The second kappa shape index (κ2) is 7.51. The molecular weight excluding hydrogens is 359 g/mol. The predicted octanol–water partition coefficient (Wildman–Crippen LogP) is 5.87. The Morgan fingerprint density at radius 3 is 2.15 bits per heavy atom. The van der Waals surface area contributed by atoms with Gasteiger partial charge in [0.15, 0.2) is 5.13 Å². The zero-order chi connectivity index (χ0) is 18.6. The van der Waals surface area contributed by atoms with E-state index in [1.807, 2.05) is 47.8 Å². The Morgan fingerprint density at radius 1 is 0.815 bits per heavy atom. The number of amides is 1. The Morgan fingerprint density at radius 2 is 1.44 bits per heavy atom. The van der Waals surface area contributed by atoms with Crippen LogP contribution in [-0.4, -0.2) is 10.9 Å². The fourth-order valence-electron chi connectivity index (χ4n) is 2.70. The molecule has 4 rings (SSSR count). The topological polar surface area (TPSA) is 42.0 Å². The van der Waals surface area contributed by atoms with Gasteiger partial charge in [-0.2, -0.15) is 0 Å². The van der Waals surface area contributed by atoms with Crippen LogP contribution in [0.4, 0.5) is 9.52 Å². The van der Waals surface area contributed by atoms with Crippen LogP contribution in [0.15, 0.2) is 84.2 Å². The Kier molecular flexibility index (Phi) is 4.77. The quantitative estimate of drug-likeness (QED) is 0.485. The van der Waals surface area contributed by atoms with E-state index in [2.05, 4.69) is 10.3 Å². The number of carbonyl (C=O) groups is 1. The average molecular weight is 374 g/mol. The minimum atomic E-state index is -0.290. The number of halogens is 1. The van der Waals surface area contributed by atoms with Gasteiger partial charge < -0.3 is 0 Å². The Bertz CT molecular complexity index is 1060. The first-order chi connectivity index (χ1) is 13.2. The maximum Gasteiger partial charge on any atom is 0.257 e. The molecule has 3 nitrogen and oxygen atoms in total. The van der Waals surface area contributed by atoms with Crippen LogP contribution >= 0.6 is 11.3 Å². The highest BCUT2D eigenvalue weighted by molar-refractivity contribution is 7.14. The molecule has 0 atom stereocenters. The number of aromatic nitrogens is 1. The molecule has 0 radical (unpaired) electrons. The van der Waals surface area contributed by atoms with Crippen molar-refractivity contribution in [2.75, 3.05) is 5.32 Å². The third-order valence-corrected chi connectivity index (χ3v) is 4.88. The van der Waals surface area contributed by atoms with Crippen molar-refractivity contribution in [2.24, 2.45) is 0 Å². The predicted molar refractivity (Wildman–Crippen MR) is 107 cm³/mol. The molecule has 27 heavy (non-hydrogen) atoms. The van der Waals surface area contributed by atoms with Crippen molar-refractivity contribution >= 4 is 22.4 Å². The molecule has 3 aromatic carbocycles. The number of hydrogen-bond acceptors (Lipinski definition) is 3. The Hall–Kier alpha value is -3.31. The van der Waals surface area contributed by atoms with Gasteiger partial charge in [-0.1, -0.05) is 42.5 Å². The fraction of sp³-hybridized carbons (Fsp3) is 0. The monoisotopic (exact) mass is 374 g/mol. The number of thiazole rings is 1. The van der Waals surface area contributed by atoms with Crippen molar-refractivity contribution in [1.82, 2.24) is 4.98 Å². The summed E-state index contributed by atoms with van der Waals surface area (Å²) in [5.41, 5.74) is 4.23. The van der Waals surface area contributed by atoms with E-state index in [0.29, 0.717) is 16.4 Å². The highest BCUT2D eigenvalue weighted by Gasteiger charge is 2.10. The molecule has 1 heterocycles. The molecule has 132 valence electrons. The molecule has 0 bridgehead atoms. The van der Waals surface area contributed by atoms with E-state index in [1.165, 1.54) is 23.5 Å². The van der Waals surface area contributed by atoms with Crippen molar-refractivity contribution < 1.29 is 9.18 Å². The first kappa shape index (κ1) is 17.1. The molecule has 0 aliphatic heterocycles. The SMILES string of the molecule is O=C(Nc1nc(-c2ccc(F)cc2)cs1)c1ccc(-c2ccccc2)cc1. The van der Waals surface area contributed by atoms with Crippen LogP contribution in [0.1, 0.15) is 10.4 Å². The van der Waals surface area contributed by atoms with Gasteiger partial charge in [0.05, 0.1) is 5.69 Å². The van der Waals surface area contributed by atoms with E-state index < -0.39 is 0 Å². The van der Waals surface area contributed by atoms with Crippen LogP contribution < -0.4 is 5.32 Å². The number of nitrogens with one attached hydrogen (secondary N) is 1. The molecular formula is C22H15FN2OS. The van der Waals surface area contributed by atoms with Crippen LogP contribution in [0.25, 0.3) is 22.4 Å². The first-order valence-corrected chi connectivity index (χ1v) is 9.25. The van der Waals surface area contributed by atoms with Gasteiger partial charge in [-0.25, -0.2) is 9.37 Å². The Labute approximate surface area is 160 Å². The molecule has 1 aromatic heterocycles. The van der Waals surface area contributed by atoms with E-state index in [1.54, 1.807) is 24.3 Å². The van der Waals surface area contributed by atoms with Crippen molar-refractivity contribution in [1.29, 1.82) is 0 Å². The van der Waals surface area contributed by atoms with Gasteiger partial charge in [-0.3, -0.25) is 10.1 Å². The van der Waals surface area contributed by atoms with Gasteiger partial charge in [-0.15, -0.1) is 11.3 Å². The minimum absolute atomic E-state index is 0.213. The Balaban J connectivity index is 1.47. The third kappa shape index (κ3) is 3.93. The summed E-state index contributed by atoms with van der Waals surface area (Å²) in [5.74, 6) is -0.504. The zero-order valence-electron chi connectivity index (χ0n) is 14.2. The van der Waals surface area contributed by atoms with Crippen molar-refractivity contribution in [2.45, 2.75) is 0 Å². The lowest BCUT2D eigenvalue weighted by molar-refractivity contribution is 0.102. The van der Waals surface area contributed by atoms with Crippen molar-refractivity contribution in [3.05, 3.63) is 95.6 Å². The third-order valence-electron chi connectivity index (χ3n) is 4.12. The van der Waals surface area contributed by atoms with Crippen LogP contribution in [0.3, 0.4) is 0 Å². The largest absolute Gasteiger partial charge is 0.298 e. The van der Waals surface area contributed by atoms with E-state index in [-0.39, 0.29) is 11.7 Å². The number of hydrogen-bond donors (Lipinski definition) is 1. The highest BCUT2D eigenvalue weighted by atomic mass is 32.1. The molecule has 5 heteroatoms. The second-order valence-corrected chi connectivity index (χ2v) is 6.80. The fourth-order valence-corrected chi connectivity index (χ4v) is 3.41. The number of benzene rings is 3. The van der Waals surface area contributed by atoms with Crippen molar-refractivity contribution in [3.63, 3.8) is 0 Å². The van der Waals surface area contributed by atoms with Crippen LogP contribution in [0, 0.1) is 5.82 Å². The normalized spacial score (nSPS) is 10.6. The van der Waals surface area contributed by atoms with E-state index >= 15 is 0 Å². The smallest absolute Gasteiger partial charge is 0.257 e. The van der Waals surface area contributed by atoms with Gasteiger partial charge in [-0.05, 0) is 47.5 Å². The molecule has 4 aromatic rings.